The second-order valence-corrected chi connectivity index (χ2v) is 7.78. The predicted molar refractivity (Wildman–Crippen MR) is 107 cm³/mol. The number of unbranched alkanes of at least 4 members (excludes halogenated alkanes) is 15. The topological polar surface area (TPSA) is 29.1 Å². The van der Waals surface area contributed by atoms with Gasteiger partial charge in [0.1, 0.15) is 0 Å². The van der Waals surface area contributed by atoms with Crippen molar-refractivity contribution in [1.82, 2.24) is 5.32 Å². The van der Waals surface area contributed by atoms with E-state index in [1.165, 1.54) is 96.3 Å². The van der Waals surface area contributed by atoms with Crippen LogP contribution in [0.1, 0.15) is 130 Å². The normalized spacial score (nSPS) is 11.2. The van der Waals surface area contributed by atoms with Gasteiger partial charge in [-0.25, -0.2) is 0 Å². The van der Waals surface area contributed by atoms with E-state index >= 15 is 0 Å². The van der Waals surface area contributed by atoms with Gasteiger partial charge in [-0.1, -0.05) is 103 Å². The molecule has 24 heavy (non-hydrogen) atoms. The van der Waals surface area contributed by atoms with Crippen LogP contribution in [0.15, 0.2) is 0 Å². The number of nitrogens with one attached hydrogen (secondary N) is 1. The molecule has 0 fully saturated rings. The monoisotopic (exact) mass is 339 g/mol. The van der Waals surface area contributed by atoms with Crippen LogP contribution in [0.2, 0.25) is 0 Å². The Balaban J connectivity index is 3.06. The first-order valence-electron chi connectivity index (χ1n) is 11.0. The number of hydrogen-bond donors (Lipinski definition) is 1. The molecule has 0 rings (SSSR count). The minimum atomic E-state index is 0.218. The van der Waals surface area contributed by atoms with Gasteiger partial charge in [0.25, 0.3) is 0 Å². The van der Waals surface area contributed by atoms with E-state index in [0.29, 0.717) is 6.42 Å². The molecule has 0 spiro atoms. The smallest absolute Gasteiger partial charge is 0.220 e. The molecule has 0 radical (unpaired) electrons. The van der Waals surface area contributed by atoms with Crippen LogP contribution < -0.4 is 5.32 Å². The fourth-order valence-electron chi connectivity index (χ4n) is 3.23. The van der Waals surface area contributed by atoms with Crippen molar-refractivity contribution in [3.8, 4) is 0 Å². The molecule has 0 aliphatic rings. The van der Waals surface area contributed by atoms with Crippen LogP contribution in [0.3, 0.4) is 0 Å². The van der Waals surface area contributed by atoms with Gasteiger partial charge in [-0.2, -0.15) is 0 Å². The average molecular weight is 340 g/mol. The fourth-order valence-corrected chi connectivity index (χ4v) is 3.23. The van der Waals surface area contributed by atoms with Crippen molar-refractivity contribution in [2.45, 2.75) is 136 Å². The molecule has 1 amide bonds. The second kappa shape index (κ2) is 18.8. The molecule has 0 unspecified atom stereocenters. The van der Waals surface area contributed by atoms with Crippen LogP contribution in [-0.2, 0) is 4.79 Å². The van der Waals surface area contributed by atoms with E-state index < -0.39 is 0 Å². The lowest BCUT2D eigenvalue weighted by molar-refractivity contribution is -0.121. The molecule has 2 nitrogen and oxygen atoms in total. The van der Waals surface area contributed by atoms with E-state index in [4.69, 9.17) is 0 Å². The van der Waals surface area contributed by atoms with Crippen molar-refractivity contribution in [2.75, 3.05) is 0 Å². The summed E-state index contributed by atoms with van der Waals surface area (Å²) in [4.78, 5) is 11.5. The molecule has 0 aliphatic heterocycles. The van der Waals surface area contributed by atoms with Crippen molar-refractivity contribution in [2.24, 2.45) is 0 Å². The van der Waals surface area contributed by atoms with Crippen molar-refractivity contribution in [3.63, 3.8) is 0 Å². The van der Waals surface area contributed by atoms with Crippen LogP contribution in [-0.4, -0.2) is 11.9 Å². The summed E-state index contributed by atoms with van der Waals surface area (Å²) < 4.78 is 0. The Kier molecular flexibility index (Phi) is 18.4. The molecule has 0 aromatic rings. The van der Waals surface area contributed by atoms with Crippen LogP contribution in [0.4, 0.5) is 0 Å². The summed E-state index contributed by atoms with van der Waals surface area (Å²) in [6.45, 7) is 6.32. The Labute approximate surface area is 152 Å². The zero-order chi connectivity index (χ0) is 17.9. The molecule has 0 saturated carbocycles. The first-order chi connectivity index (χ1) is 11.7. The van der Waals surface area contributed by atoms with E-state index in [9.17, 15) is 4.79 Å². The summed E-state index contributed by atoms with van der Waals surface area (Å²) in [5.41, 5.74) is 0. The summed E-state index contributed by atoms with van der Waals surface area (Å²) in [5.74, 6) is 0.218. The molecule has 0 aromatic heterocycles. The van der Waals surface area contributed by atoms with Crippen LogP contribution in [0.5, 0.6) is 0 Å². The molecule has 0 bridgehead atoms. The molecule has 0 heterocycles. The van der Waals surface area contributed by atoms with Gasteiger partial charge in [-0.15, -0.1) is 0 Å². The lowest BCUT2D eigenvalue weighted by Gasteiger charge is -2.07. The Morgan fingerprint density at radius 1 is 0.625 bits per heavy atom. The first kappa shape index (κ1) is 23.5. The summed E-state index contributed by atoms with van der Waals surface area (Å²) >= 11 is 0. The van der Waals surface area contributed by atoms with Gasteiger partial charge in [0.05, 0.1) is 0 Å². The zero-order valence-corrected chi connectivity index (χ0v) is 17.0. The minimum Gasteiger partial charge on any atom is -0.354 e. The number of amides is 1. The summed E-state index contributed by atoms with van der Waals surface area (Å²) in [6.07, 6.45) is 22.7. The van der Waals surface area contributed by atoms with Crippen molar-refractivity contribution in [1.29, 1.82) is 0 Å². The predicted octanol–water partition coefficient (Wildman–Crippen LogP) is 7.16. The van der Waals surface area contributed by atoms with Gasteiger partial charge in [-0.3, -0.25) is 4.79 Å². The number of hydrogen-bond acceptors (Lipinski definition) is 1. The highest BCUT2D eigenvalue weighted by Gasteiger charge is 2.02. The number of carbonyl (C=O) groups excluding carboxylic acids is 1. The second-order valence-electron chi connectivity index (χ2n) is 7.78. The molecule has 0 aromatic carbocycles. The van der Waals surface area contributed by atoms with Gasteiger partial charge in [-0.05, 0) is 20.3 Å². The highest BCUT2D eigenvalue weighted by atomic mass is 16.1. The average Bonchev–Trinajstić information content (AvgIpc) is 2.53. The summed E-state index contributed by atoms with van der Waals surface area (Å²) in [7, 11) is 0. The molecule has 0 atom stereocenters. The molecular formula is C22H45NO. The molecule has 0 aliphatic carbocycles. The Morgan fingerprint density at radius 2 is 0.958 bits per heavy atom. The summed E-state index contributed by atoms with van der Waals surface area (Å²) in [5, 5.41) is 2.96. The molecule has 2 heteroatoms. The molecule has 1 N–H and O–H groups in total. The van der Waals surface area contributed by atoms with Gasteiger partial charge in [0.15, 0.2) is 0 Å². The third-order valence-electron chi connectivity index (χ3n) is 4.71. The Morgan fingerprint density at radius 3 is 1.29 bits per heavy atom. The van der Waals surface area contributed by atoms with Crippen LogP contribution >= 0.6 is 0 Å². The molecule has 144 valence electrons. The maximum Gasteiger partial charge on any atom is 0.220 e. The molecule has 0 saturated heterocycles. The largest absolute Gasteiger partial charge is 0.354 e. The maximum atomic E-state index is 11.5. The third kappa shape index (κ3) is 19.5. The standard InChI is InChI=1S/C22H45NO/c1-4-5-6-7-8-9-10-11-12-13-14-15-16-17-18-19-20-22(24)23-21(2)3/h21H,4-20H2,1-3H3,(H,23,24). The highest BCUT2D eigenvalue weighted by Crippen LogP contribution is 2.13. The zero-order valence-electron chi connectivity index (χ0n) is 17.0. The van der Waals surface area contributed by atoms with Crippen molar-refractivity contribution in [3.05, 3.63) is 0 Å². The van der Waals surface area contributed by atoms with Gasteiger partial charge in [0, 0.05) is 12.5 Å². The highest BCUT2D eigenvalue weighted by molar-refractivity contribution is 5.76. The maximum absolute atomic E-state index is 11.5. The van der Waals surface area contributed by atoms with E-state index in [2.05, 4.69) is 12.2 Å². The lowest BCUT2D eigenvalue weighted by Crippen LogP contribution is -2.29. The van der Waals surface area contributed by atoms with Gasteiger partial charge >= 0.3 is 0 Å². The van der Waals surface area contributed by atoms with E-state index in [1.54, 1.807) is 0 Å². The van der Waals surface area contributed by atoms with Gasteiger partial charge in [0.2, 0.25) is 5.91 Å². The quantitative estimate of drug-likeness (QED) is 0.264. The van der Waals surface area contributed by atoms with Crippen molar-refractivity contribution < 1.29 is 4.79 Å². The lowest BCUT2D eigenvalue weighted by atomic mass is 10.0. The van der Waals surface area contributed by atoms with E-state index in [0.717, 1.165) is 6.42 Å². The van der Waals surface area contributed by atoms with Crippen LogP contribution in [0.25, 0.3) is 0 Å². The summed E-state index contributed by atoms with van der Waals surface area (Å²) in [6, 6.07) is 0.276. The SMILES string of the molecule is CCCCCCCCCCCCCCCCCCC(=O)NC(C)C. The van der Waals surface area contributed by atoms with E-state index in [1.807, 2.05) is 13.8 Å². The number of carbonyl (C=O) groups is 1. The van der Waals surface area contributed by atoms with Crippen LogP contribution in [0, 0.1) is 0 Å². The van der Waals surface area contributed by atoms with E-state index in [-0.39, 0.29) is 11.9 Å². The minimum absolute atomic E-state index is 0.218. The number of rotatable bonds is 18. The fraction of sp³-hybridized carbons (Fsp3) is 0.955. The Hall–Kier alpha value is -0.530. The molecular weight excluding hydrogens is 294 g/mol. The Bertz CT molecular complexity index is 263. The van der Waals surface area contributed by atoms with Gasteiger partial charge < -0.3 is 5.32 Å². The van der Waals surface area contributed by atoms with Crippen molar-refractivity contribution >= 4 is 5.91 Å². The first-order valence-corrected chi connectivity index (χ1v) is 11.0. The third-order valence-corrected chi connectivity index (χ3v) is 4.71.